The van der Waals surface area contributed by atoms with Gasteiger partial charge in [-0.3, -0.25) is 9.97 Å². The van der Waals surface area contributed by atoms with Crippen LogP contribution >= 0.6 is 11.3 Å². The lowest BCUT2D eigenvalue weighted by atomic mass is 9.85. The predicted octanol–water partition coefficient (Wildman–Crippen LogP) is 3.11. The van der Waals surface area contributed by atoms with Crippen molar-refractivity contribution in [3.8, 4) is 10.6 Å². The van der Waals surface area contributed by atoms with Gasteiger partial charge >= 0.3 is 0 Å². The van der Waals surface area contributed by atoms with Crippen molar-refractivity contribution in [2.24, 2.45) is 5.92 Å². The average molecular weight is 372 g/mol. The Morgan fingerprint density at radius 3 is 2.92 bits per heavy atom. The number of ether oxygens (including phenoxy) is 2. The molecule has 3 aliphatic heterocycles. The van der Waals surface area contributed by atoms with Crippen molar-refractivity contribution in [2.45, 2.75) is 31.3 Å². The van der Waals surface area contributed by atoms with Crippen molar-refractivity contribution < 1.29 is 9.47 Å². The van der Waals surface area contributed by atoms with Crippen LogP contribution in [0, 0.1) is 5.92 Å². The number of rotatable bonds is 3. The van der Waals surface area contributed by atoms with Crippen molar-refractivity contribution >= 4 is 11.3 Å². The Bertz CT molecular complexity index is 750. The number of likely N-dealkylation sites (tertiary alicyclic amines) is 1. The first kappa shape index (κ1) is 16.8. The molecule has 5 rings (SSSR count). The molecule has 0 amide bonds. The van der Waals surface area contributed by atoms with Gasteiger partial charge in [-0.25, -0.2) is 0 Å². The van der Waals surface area contributed by atoms with Crippen LogP contribution in [0.5, 0.6) is 0 Å². The van der Waals surface area contributed by atoms with Crippen LogP contribution in [-0.2, 0) is 21.5 Å². The summed E-state index contributed by atoms with van der Waals surface area (Å²) in [7, 11) is 0. The summed E-state index contributed by atoms with van der Waals surface area (Å²) in [5.74, 6) is 0.719. The monoisotopic (exact) mass is 371 g/mol. The van der Waals surface area contributed by atoms with E-state index in [9.17, 15) is 0 Å². The lowest BCUT2D eigenvalue weighted by Gasteiger charge is -2.44. The first-order valence-electron chi connectivity index (χ1n) is 9.66. The zero-order valence-corrected chi connectivity index (χ0v) is 15.8. The first-order chi connectivity index (χ1) is 12.8. The second kappa shape index (κ2) is 7.00. The molecule has 2 fully saturated rings. The minimum atomic E-state index is -0.0820. The number of hydrogen-bond donors (Lipinski definition) is 0. The highest BCUT2D eigenvalue weighted by atomic mass is 32.1. The number of aromatic nitrogens is 2. The van der Waals surface area contributed by atoms with E-state index < -0.39 is 0 Å². The molecule has 0 N–H and O–H groups in total. The van der Waals surface area contributed by atoms with E-state index in [2.05, 4.69) is 20.9 Å². The van der Waals surface area contributed by atoms with E-state index in [0.717, 1.165) is 63.8 Å². The third kappa shape index (κ3) is 3.09. The lowest BCUT2D eigenvalue weighted by Crippen LogP contribution is -2.47. The molecule has 26 heavy (non-hydrogen) atoms. The molecule has 5 nitrogen and oxygen atoms in total. The molecule has 2 aromatic rings. The molecule has 0 aromatic carbocycles. The van der Waals surface area contributed by atoms with Crippen molar-refractivity contribution in [1.29, 1.82) is 0 Å². The predicted molar refractivity (Wildman–Crippen MR) is 101 cm³/mol. The zero-order chi connectivity index (χ0) is 17.4. The molecule has 0 radical (unpaired) electrons. The fraction of sp³-hybridized carbons (Fsp3) is 0.600. The second-order valence-corrected chi connectivity index (χ2v) is 8.73. The maximum atomic E-state index is 6.42. The Hall–Kier alpha value is -1.34. The molecule has 138 valence electrons. The molecule has 1 atom stereocenters. The number of thiophene rings is 1. The summed E-state index contributed by atoms with van der Waals surface area (Å²) in [6.07, 6.45) is 9.77. The smallest absolute Gasteiger partial charge is 0.105 e. The number of piperidine rings is 1. The number of nitrogens with zero attached hydrogens (tertiary/aromatic N) is 3. The Morgan fingerprint density at radius 1 is 1.23 bits per heavy atom. The van der Waals surface area contributed by atoms with Crippen LogP contribution in [0.3, 0.4) is 0 Å². The van der Waals surface area contributed by atoms with Crippen molar-refractivity contribution in [1.82, 2.24) is 14.9 Å². The lowest BCUT2D eigenvalue weighted by molar-refractivity contribution is -0.0963. The van der Waals surface area contributed by atoms with Gasteiger partial charge in [0.2, 0.25) is 0 Å². The van der Waals surface area contributed by atoms with Gasteiger partial charge in [0.15, 0.2) is 0 Å². The van der Waals surface area contributed by atoms with Gasteiger partial charge in [0.25, 0.3) is 0 Å². The van der Waals surface area contributed by atoms with E-state index in [1.807, 2.05) is 17.5 Å². The molecule has 0 aliphatic carbocycles. The number of hydrogen-bond acceptors (Lipinski definition) is 6. The summed E-state index contributed by atoms with van der Waals surface area (Å²) >= 11 is 1.86. The van der Waals surface area contributed by atoms with Gasteiger partial charge in [-0.1, -0.05) is 0 Å². The standard InChI is InChI=1S/C20H25N3O2S/c1-9-24-14-15(1)13-23-7-3-20(4-8-23)19-16(2-10-25-20)11-18(26-19)17-12-21-5-6-22-17/h5-6,11-12,15H,1-4,7-10,13-14H2. The molecule has 1 spiro atoms. The third-order valence-electron chi connectivity index (χ3n) is 5.99. The molecule has 2 saturated heterocycles. The normalized spacial score (nSPS) is 25.5. The van der Waals surface area contributed by atoms with E-state index in [-0.39, 0.29) is 5.60 Å². The molecular formula is C20H25N3O2S. The average Bonchev–Trinajstić information content (AvgIpc) is 3.35. The molecule has 0 saturated carbocycles. The third-order valence-corrected chi connectivity index (χ3v) is 7.38. The minimum absolute atomic E-state index is 0.0820. The minimum Gasteiger partial charge on any atom is -0.381 e. The van der Waals surface area contributed by atoms with Crippen LogP contribution in [0.2, 0.25) is 0 Å². The van der Waals surface area contributed by atoms with Gasteiger partial charge in [0, 0.05) is 43.5 Å². The second-order valence-electron chi connectivity index (χ2n) is 7.68. The summed E-state index contributed by atoms with van der Waals surface area (Å²) in [4.78, 5) is 14.0. The maximum absolute atomic E-state index is 6.42. The maximum Gasteiger partial charge on any atom is 0.105 e. The summed E-state index contributed by atoms with van der Waals surface area (Å²) < 4.78 is 12.0. The highest BCUT2D eigenvalue weighted by molar-refractivity contribution is 7.15. The van der Waals surface area contributed by atoms with Crippen molar-refractivity contribution in [2.75, 3.05) is 39.5 Å². The fourth-order valence-corrected chi connectivity index (χ4v) is 5.91. The van der Waals surface area contributed by atoms with Gasteiger partial charge in [-0.15, -0.1) is 11.3 Å². The first-order valence-corrected chi connectivity index (χ1v) is 10.5. The van der Waals surface area contributed by atoms with Gasteiger partial charge in [0.05, 0.1) is 30.0 Å². The quantitative estimate of drug-likeness (QED) is 0.830. The molecule has 1 unspecified atom stereocenters. The largest absolute Gasteiger partial charge is 0.381 e. The van der Waals surface area contributed by atoms with Crippen LogP contribution in [0.25, 0.3) is 10.6 Å². The number of fused-ring (bicyclic) bond motifs is 2. The van der Waals surface area contributed by atoms with Crippen LogP contribution in [-0.4, -0.2) is 54.3 Å². The highest BCUT2D eigenvalue weighted by Crippen LogP contribution is 2.47. The Labute approximate surface area is 158 Å². The van der Waals surface area contributed by atoms with Crippen LogP contribution < -0.4 is 0 Å². The van der Waals surface area contributed by atoms with Gasteiger partial charge in [-0.05, 0) is 43.2 Å². The highest BCUT2D eigenvalue weighted by Gasteiger charge is 2.42. The van der Waals surface area contributed by atoms with E-state index in [1.54, 1.807) is 12.4 Å². The molecule has 5 heterocycles. The van der Waals surface area contributed by atoms with E-state index >= 15 is 0 Å². The van der Waals surface area contributed by atoms with Crippen molar-refractivity contribution in [3.63, 3.8) is 0 Å². The summed E-state index contributed by atoms with van der Waals surface area (Å²) in [6.45, 7) is 6.13. The van der Waals surface area contributed by atoms with Gasteiger partial charge < -0.3 is 14.4 Å². The van der Waals surface area contributed by atoms with Gasteiger partial charge in [-0.2, -0.15) is 0 Å². The SMILES string of the molecule is c1cnc(-c2cc3c(s2)C2(CCN(CC4CCOC4)CC2)OCC3)cn1. The van der Waals surface area contributed by atoms with E-state index in [0.29, 0.717) is 0 Å². The Kier molecular flexibility index (Phi) is 4.52. The molecule has 0 bridgehead atoms. The van der Waals surface area contributed by atoms with E-state index in [1.165, 1.54) is 28.3 Å². The summed E-state index contributed by atoms with van der Waals surface area (Å²) in [5.41, 5.74) is 2.35. The van der Waals surface area contributed by atoms with Crippen molar-refractivity contribution in [3.05, 3.63) is 35.1 Å². The topological polar surface area (TPSA) is 47.5 Å². The fourth-order valence-electron chi connectivity index (χ4n) is 4.54. The Morgan fingerprint density at radius 2 is 2.15 bits per heavy atom. The van der Waals surface area contributed by atoms with Crippen LogP contribution in [0.15, 0.2) is 24.7 Å². The van der Waals surface area contributed by atoms with Crippen LogP contribution in [0.4, 0.5) is 0 Å². The molecular weight excluding hydrogens is 346 g/mol. The zero-order valence-electron chi connectivity index (χ0n) is 15.0. The van der Waals surface area contributed by atoms with E-state index in [4.69, 9.17) is 9.47 Å². The molecule has 3 aliphatic rings. The molecule has 2 aromatic heterocycles. The van der Waals surface area contributed by atoms with Gasteiger partial charge in [0.1, 0.15) is 5.60 Å². The Balaban J connectivity index is 1.34. The van der Waals surface area contributed by atoms with Crippen LogP contribution in [0.1, 0.15) is 29.7 Å². The molecule has 6 heteroatoms. The summed E-state index contributed by atoms with van der Waals surface area (Å²) in [6, 6.07) is 2.32. The summed E-state index contributed by atoms with van der Waals surface area (Å²) in [5, 5.41) is 0.